The second kappa shape index (κ2) is 18.2. The Labute approximate surface area is 280 Å². The van der Waals surface area contributed by atoms with E-state index in [1.165, 1.54) is 0 Å². The molecule has 0 aromatic heterocycles. The molecular formula is C36H66N6O4. The summed E-state index contributed by atoms with van der Waals surface area (Å²) in [6, 6.07) is -1.57. The third kappa shape index (κ3) is 10.8. The molecule has 0 saturated carbocycles. The molecule has 10 nitrogen and oxygen atoms in total. The van der Waals surface area contributed by atoms with Crippen molar-refractivity contribution in [2.75, 3.05) is 46.3 Å². The van der Waals surface area contributed by atoms with Crippen LogP contribution in [0.3, 0.4) is 0 Å². The van der Waals surface area contributed by atoms with Crippen LogP contribution in [-0.2, 0) is 19.2 Å². The van der Waals surface area contributed by atoms with Crippen molar-refractivity contribution in [3.05, 3.63) is 11.6 Å². The van der Waals surface area contributed by atoms with Gasteiger partial charge < -0.3 is 25.3 Å². The Morgan fingerprint density at radius 3 is 2.11 bits per heavy atom. The largest absolute Gasteiger partial charge is 0.354 e. The van der Waals surface area contributed by atoms with Gasteiger partial charge in [-0.25, -0.2) is 0 Å². The molecule has 1 unspecified atom stereocenters. The van der Waals surface area contributed by atoms with Gasteiger partial charge in [-0.05, 0) is 90.4 Å². The van der Waals surface area contributed by atoms with Gasteiger partial charge in [0.15, 0.2) is 0 Å². The maximum atomic E-state index is 14.1. The number of hydrogen-bond donors (Lipinski definition) is 2. The van der Waals surface area contributed by atoms with E-state index in [0.717, 1.165) is 58.3 Å². The average Bonchev–Trinajstić information content (AvgIpc) is 3.50. The van der Waals surface area contributed by atoms with Gasteiger partial charge in [-0.3, -0.25) is 24.1 Å². The van der Waals surface area contributed by atoms with Gasteiger partial charge in [0.05, 0.1) is 12.1 Å². The minimum absolute atomic E-state index is 0.0197. The summed E-state index contributed by atoms with van der Waals surface area (Å²) in [6.45, 7) is 25.2. The second-order valence-corrected chi connectivity index (χ2v) is 15.0. The van der Waals surface area contributed by atoms with E-state index >= 15 is 0 Å². The van der Waals surface area contributed by atoms with Crippen molar-refractivity contribution < 1.29 is 19.2 Å². The maximum absolute atomic E-state index is 14.1. The maximum Gasteiger partial charge on any atom is 0.249 e. The van der Waals surface area contributed by atoms with Crippen LogP contribution in [0.1, 0.15) is 108 Å². The molecule has 2 aliphatic heterocycles. The van der Waals surface area contributed by atoms with Gasteiger partial charge in [0.25, 0.3) is 0 Å². The van der Waals surface area contributed by atoms with Crippen molar-refractivity contribution in [2.45, 2.75) is 138 Å². The van der Waals surface area contributed by atoms with Crippen molar-refractivity contribution in [3.8, 4) is 0 Å². The molecule has 264 valence electrons. The molecule has 2 rings (SSSR count). The molecule has 2 heterocycles. The number of carbonyl (C=O) groups excluding carboxylic acids is 4. The summed E-state index contributed by atoms with van der Waals surface area (Å²) in [6.07, 6.45) is 7.03. The van der Waals surface area contributed by atoms with Crippen LogP contribution in [0.4, 0.5) is 0 Å². The molecule has 2 saturated heterocycles. The van der Waals surface area contributed by atoms with E-state index in [0.29, 0.717) is 25.1 Å². The smallest absolute Gasteiger partial charge is 0.249 e. The summed E-state index contributed by atoms with van der Waals surface area (Å²) in [5.74, 6) is -0.510. The molecule has 2 aliphatic rings. The van der Waals surface area contributed by atoms with Crippen molar-refractivity contribution in [1.82, 2.24) is 30.2 Å². The Morgan fingerprint density at radius 1 is 0.913 bits per heavy atom. The lowest BCUT2D eigenvalue weighted by Crippen LogP contribution is -2.60. The van der Waals surface area contributed by atoms with E-state index in [1.807, 2.05) is 40.7 Å². The number of piperidine rings is 1. The summed E-state index contributed by atoms with van der Waals surface area (Å²) in [7, 11) is 1.76. The van der Waals surface area contributed by atoms with Crippen LogP contribution in [0.15, 0.2) is 11.6 Å². The van der Waals surface area contributed by atoms with E-state index in [4.69, 9.17) is 0 Å². The molecular weight excluding hydrogens is 580 g/mol. The van der Waals surface area contributed by atoms with Crippen LogP contribution in [0.5, 0.6) is 0 Å². The van der Waals surface area contributed by atoms with Crippen molar-refractivity contribution in [3.63, 3.8) is 0 Å². The lowest BCUT2D eigenvalue weighted by atomic mass is 9.84. The molecule has 0 spiro atoms. The fourth-order valence-corrected chi connectivity index (χ4v) is 6.85. The van der Waals surface area contributed by atoms with E-state index in [2.05, 4.69) is 48.1 Å². The number of amides is 4. The first kappa shape index (κ1) is 39.7. The van der Waals surface area contributed by atoms with Gasteiger partial charge in [-0.1, -0.05) is 61.0 Å². The van der Waals surface area contributed by atoms with E-state index < -0.39 is 17.5 Å². The first-order valence-electron chi connectivity index (χ1n) is 17.9. The van der Waals surface area contributed by atoms with Crippen LogP contribution in [0.2, 0.25) is 0 Å². The monoisotopic (exact) mass is 647 g/mol. The van der Waals surface area contributed by atoms with E-state index in [1.54, 1.807) is 23.8 Å². The Hall–Kier alpha value is -2.46. The van der Waals surface area contributed by atoms with Gasteiger partial charge >= 0.3 is 0 Å². The highest BCUT2D eigenvalue weighted by Gasteiger charge is 2.40. The number of nitrogens with zero attached hydrogens (tertiary/aromatic N) is 4. The van der Waals surface area contributed by atoms with E-state index in [-0.39, 0.29) is 47.7 Å². The Morgan fingerprint density at radius 2 is 1.54 bits per heavy atom. The van der Waals surface area contributed by atoms with Gasteiger partial charge in [0.1, 0.15) is 12.1 Å². The zero-order valence-electron chi connectivity index (χ0n) is 30.9. The summed E-state index contributed by atoms with van der Waals surface area (Å²) >= 11 is 0. The summed E-state index contributed by atoms with van der Waals surface area (Å²) in [4.78, 5) is 62.5. The first-order chi connectivity index (χ1) is 21.5. The molecule has 0 aromatic rings. The number of likely N-dealkylation sites (tertiary alicyclic amines) is 2. The number of nitrogens with one attached hydrogen (secondary N) is 2. The molecule has 46 heavy (non-hydrogen) atoms. The molecule has 4 atom stereocenters. The molecule has 0 aliphatic carbocycles. The Kier molecular flexibility index (Phi) is 15.7. The number of likely N-dealkylation sites (N-methyl/N-ethyl adjacent to an activating group) is 1. The van der Waals surface area contributed by atoms with Crippen molar-refractivity contribution in [1.29, 1.82) is 0 Å². The number of rotatable bonds is 15. The zero-order chi connectivity index (χ0) is 34.8. The van der Waals surface area contributed by atoms with Gasteiger partial charge in [-0.2, -0.15) is 0 Å². The Balaban J connectivity index is 2.17. The van der Waals surface area contributed by atoms with Crippen LogP contribution >= 0.6 is 0 Å². The molecule has 2 N–H and O–H groups in total. The first-order valence-corrected chi connectivity index (χ1v) is 17.9. The van der Waals surface area contributed by atoms with Crippen LogP contribution < -0.4 is 10.6 Å². The zero-order valence-corrected chi connectivity index (χ0v) is 30.9. The fourth-order valence-electron chi connectivity index (χ4n) is 6.85. The molecule has 2 fully saturated rings. The van der Waals surface area contributed by atoms with Gasteiger partial charge in [-0.15, -0.1) is 0 Å². The highest BCUT2D eigenvalue weighted by Crippen LogP contribution is 2.27. The Bertz CT molecular complexity index is 1050. The normalized spacial score (nSPS) is 21.1. The van der Waals surface area contributed by atoms with E-state index in [9.17, 15) is 19.2 Å². The fraction of sp³-hybridized carbons (Fsp3) is 0.833. The standard InChI is InChI=1S/C36H66N6O4/c1-12-40(13-2)21-17-20-37-32(43)28-19-16-23-42(28)34(45)27(7)24-30(25(3)4)39(11)35(46)31(36(8,9)10)38-33(44)29-18-14-15-22-41(29)26(5)6/h24-26,28-31H,12-23H2,1-11H3,(H,37,43)(H,38,44)/t28-,29?,30+,31+/m0/s1. The van der Waals surface area contributed by atoms with Crippen molar-refractivity contribution in [2.24, 2.45) is 11.3 Å². The second-order valence-electron chi connectivity index (χ2n) is 15.0. The predicted molar refractivity (Wildman–Crippen MR) is 186 cm³/mol. The number of hydrogen-bond acceptors (Lipinski definition) is 6. The predicted octanol–water partition coefficient (Wildman–Crippen LogP) is 4.05. The van der Waals surface area contributed by atoms with Crippen LogP contribution in [0, 0.1) is 11.3 Å². The third-order valence-electron chi connectivity index (χ3n) is 9.81. The van der Waals surface area contributed by atoms with Crippen LogP contribution in [-0.4, -0.2) is 120 Å². The minimum atomic E-state index is -0.722. The third-order valence-corrected chi connectivity index (χ3v) is 9.81. The summed E-state index contributed by atoms with van der Waals surface area (Å²) < 4.78 is 0. The SMILES string of the molecule is CCN(CC)CCCNC(=O)[C@@H]1CCCN1C(=O)C(C)=C[C@H](C(C)C)N(C)C(=O)[C@@H](NC(=O)C1CCCCN1C(C)C)C(C)(C)C. The van der Waals surface area contributed by atoms with Crippen molar-refractivity contribution >= 4 is 23.6 Å². The molecule has 4 amide bonds. The summed E-state index contributed by atoms with van der Waals surface area (Å²) in [5.41, 5.74) is 0.00126. The molecule has 0 aromatic carbocycles. The van der Waals surface area contributed by atoms with Gasteiger partial charge in [0.2, 0.25) is 23.6 Å². The molecule has 10 heteroatoms. The topological polar surface area (TPSA) is 105 Å². The lowest BCUT2D eigenvalue weighted by molar-refractivity contribution is -0.142. The minimum Gasteiger partial charge on any atom is -0.354 e. The molecule has 0 bridgehead atoms. The molecule has 0 radical (unpaired) electrons. The average molecular weight is 647 g/mol. The number of carbonyl (C=O) groups is 4. The lowest BCUT2D eigenvalue weighted by Gasteiger charge is -2.41. The summed E-state index contributed by atoms with van der Waals surface area (Å²) in [5, 5.41) is 6.19. The van der Waals surface area contributed by atoms with Crippen LogP contribution in [0.25, 0.3) is 0 Å². The van der Waals surface area contributed by atoms with Gasteiger partial charge in [0, 0.05) is 31.8 Å². The quantitative estimate of drug-likeness (QED) is 0.206. The highest BCUT2D eigenvalue weighted by molar-refractivity contribution is 5.97. The highest BCUT2D eigenvalue weighted by atomic mass is 16.2.